The Bertz CT molecular complexity index is 441. The standard InChI is InChI=1S/C9H15N3O4S/c1-16-9(13)3-2-6-17(14,15)11-7-8-4-5-10-12-8/h4-5,11H,2-3,6-7H2,1H3,(H,10,12). The van der Waals surface area contributed by atoms with Gasteiger partial charge in [0, 0.05) is 12.6 Å². The molecule has 0 fully saturated rings. The van der Waals surface area contributed by atoms with Crippen molar-refractivity contribution in [3.63, 3.8) is 0 Å². The second-order valence-corrected chi connectivity index (χ2v) is 5.33. The molecule has 2 N–H and O–H groups in total. The molecular formula is C9H15N3O4S. The van der Waals surface area contributed by atoms with Crippen molar-refractivity contribution in [3.8, 4) is 0 Å². The number of methoxy groups -OCH3 is 1. The first-order chi connectivity index (χ1) is 8.03. The minimum atomic E-state index is -3.37. The Labute approximate surface area is 99.6 Å². The number of ether oxygens (including phenoxy) is 1. The Morgan fingerprint density at radius 2 is 2.35 bits per heavy atom. The highest BCUT2D eigenvalue weighted by Crippen LogP contribution is 1.98. The van der Waals surface area contributed by atoms with E-state index in [1.807, 2.05) is 0 Å². The average molecular weight is 261 g/mol. The highest BCUT2D eigenvalue weighted by atomic mass is 32.2. The number of sulfonamides is 1. The fraction of sp³-hybridized carbons (Fsp3) is 0.556. The van der Waals surface area contributed by atoms with Crippen molar-refractivity contribution in [3.05, 3.63) is 18.0 Å². The zero-order valence-corrected chi connectivity index (χ0v) is 10.3. The van der Waals surface area contributed by atoms with Crippen molar-refractivity contribution in [2.45, 2.75) is 19.4 Å². The van der Waals surface area contributed by atoms with E-state index >= 15 is 0 Å². The molecular weight excluding hydrogens is 246 g/mol. The maximum Gasteiger partial charge on any atom is 0.305 e. The molecule has 1 aromatic rings. The minimum absolute atomic E-state index is 0.0987. The third kappa shape index (κ3) is 5.45. The third-order valence-electron chi connectivity index (χ3n) is 2.06. The van der Waals surface area contributed by atoms with E-state index in [9.17, 15) is 13.2 Å². The quantitative estimate of drug-likeness (QED) is 0.661. The predicted octanol–water partition coefficient (Wildman–Crippen LogP) is -0.218. The summed E-state index contributed by atoms with van der Waals surface area (Å²) in [5.74, 6) is -0.510. The molecule has 96 valence electrons. The van der Waals surface area contributed by atoms with Crippen LogP contribution in [0.3, 0.4) is 0 Å². The molecule has 1 aromatic heterocycles. The molecule has 0 bridgehead atoms. The number of nitrogens with one attached hydrogen (secondary N) is 2. The highest BCUT2D eigenvalue weighted by molar-refractivity contribution is 7.89. The second-order valence-electron chi connectivity index (χ2n) is 3.40. The smallest absolute Gasteiger partial charge is 0.305 e. The molecule has 17 heavy (non-hydrogen) atoms. The molecule has 0 aliphatic heterocycles. The maximum absolute atomic E-state index is 11.5. The van der Waals surface area contributed by atoms with Crippen LogP contribution < -0.4 is 4.72 Å². The van der Waals surface area contributed by atoms with Gasteiger partial charge < -0.3 is 4.74 Å². The van der Waals surface area contributed by atoms with E-state index in [-0.39, 0.29) is 25.1 Å². The van der Waals surface area contributed by atoms with E-state index in [0.717, 1.165) is 0 Å². The summed E-state index contributed by atoms with van der Waals surface area (Å²) in [6.07, 6.45) is 1.88. The SMILES string of the molecule is COC(=O)CCCS(=O)(=O)NCc1ccn[nH]1. The number of carbonyl (C=O) groups excluding carboxylic acids is 1. The molecule has 0 atom stereocenters. The monoisotopic (exact) mass is 261 g/mol. The summed E-state index contributed by atoms with van der Waals surface area (Å²) in [7, 11) is -2.10. The number of hydrogen-bond acceptors (Lipinski definition) is 5. The molecule has 0 spiro atoms. The van der Waals surface area contributed by atoms with Crippen LogP contribution in [0.25, 0.3) is 0 Å². The maximum atomic E-state index is 11.5. The van der Waals surface area contributed by atoms with Crippen LogP contribution in [0.4, 0.5) is 0 Å². The van der Waals surface area contributed by atoms with E-state index in [0.29, 0.717) is 5.69 Å². The first-order valence-corrected chi connectivity index (χ1v) is 6.71. The molecule has 0 aliphatic rings. The zero-order chi connectivity index (χ0) is 12.7. The lowest BCUT2D eigenvalue weighted by molar-refractivity contribution is -0.140. The molecule has 1 heterocycles. The molecule has 0 unspecified atom stereocenters. The number of rotatable bonds is 7. The van der Waals surface area contributed by atoms with E-state index in [1.165, 1.54) is 7.11 Å². The van der Waals surface area contributed by atoms with Gasteiger partial charge in [0.05, 0.1) is 25.1 Å². The lowest BCUT2D eigenvalue weighted by atomic mass is 10.3. The topological polar surface area (TPSA) is 101 Å². The van der Waals surface area contributed by atoms with Crippen LogP contribution in [0.15, 0.2) is 12.3 Å². The van der Waals surface area contributed by atoms with Gasteiger partial charge in [-0.15, -0.1) is 0 Å². The molecule has 0 saturated carbocycles. The van der Waals surface area contributed by atoms with Gasteiger partial charge in [-0.2, -0.15) is 5.10 Å². The first-order valence-electron chi connectivity index (χ1n) is 5.06. The van der Waals surface area contributed by atoms with E-state index in [2.05, 4.69) is 19.7 Å². The van der Waals surface area contributed by atoms with Crippen LogP contribution in [-0.2, 0) is 26.1 Å². The summed E-state index contributed by atoms with van der Waals surface area (Å²) in [5.41, 5.74) is 0.682. The highest BCUT2D eigenvalue weighted by Gasteiger charge is 2.11. The summed E-state index contributed by atoms with van der Waals surface area (Å²) in [5, 5.41) is 6.34. The number of hydrogen-bond donors (Lipinski definition) is 2. The molecule has 0 aliphatic carbocycles. The van der Waals surface area contributed by atoms with Gasteiger partial charge in [0.25, 0.3) is 0 Å². The molecule has 0 saturated heterocycles. The number of carbonyl (C=O) groups is 1. The predicted molar refractivity (Wildman–Crippen MR) is 60.5 cm³/mol. The van der Waals surface area contributed by atoms with Gasteiger partial charge in [-0.05, 0) is 12.5 Å². The number of aromatic amines is 1. The van der Waals surface area contributed by atoms with Crippen molar-refractivity contribution in [2.24, 2.45) is 0 Å². The number of H-pyrrole nitrogens is 1. The fourth-order valence-electron chi connectivity index (χ4n) is 1.15. The van der Waals surface area contributed by atoms with Crippen LogP contribution in [-0.4, -0.2) is 37.4 Å². The molecule has 0 amide bonds. The van der Waals surface area contributed by atoms with Crippen LogP contribution in [0.1, 0.15) is 18.5 Å². The fourth-order valence-corrected chi connectivity index (χ4v) is 2.20. The van der Waals surface area contributed by atoms with Crippen LogP contribution in [0.5, 0.6) is 0 Å². The first kappa shape index (κ1) is 13.7. The summed E-state index contributed by atoms with van der Waals surface area (Å²) in [6, 6.07) is 1.68. The lowest BCUT2D eigenvalue weighted by Crippen LogP contribution is -2.26. The molecule has 7 nitrogen and oxygen atoms in total. The Morgan fingerprint density at radius 3 is 2.94 bits per heavy atom. The summed E-state index contributed by atoms with van der Waals surface area (Å²) >= 11 is 0. The van der Waals surface area contributed by atoms with Gasteiger partial charge >= 0.3 is 5.97 Å². The molecule has 0 aromatic carbocycles. The average Bonchev–Trinajstić information content (AvgIpc) is 2.79. The lowest BCUT2D eigenvalue weighted by Gasteiger charge is -2.04. The summed E-state index contributed by atoms with van der Waals surface area (Å²) in [4.78, 5) is 10.8. The Balaban J connectivity index is 2.29. The number of nitrogens with zero attached hydrogens (tertiary/aromatic N) is 1. The van der Waals surface area contributed by atoms with Crippen molar-refractivity contribution in [1.29, 1.82) is 0 Å². The minimum Gasteiger partial charge on any atom is -0.469 e. The molecule has 1 rings (SSSR count). The third-order valence-corrected chi connectivity index (χ3v) is 3.47. The molecule has 8 heteroatoms. The van der Waals surface area contributed by atoms with Gasteiger partial charge in [-0.1, -0.05) is 0 Å². The van der Waals surface area contributed by atoms with E-state index < -0.39 is 16.0 Å². The zero-order valence-electron chi connectivity index (χ0n) is 9.47. The van der Waals surface area contributed by atoms with Crippen molar-refractivity contribution in [1.82, 2.24) is 14.9 Å². The van der Waals surface area contributed by atoms with Gasteiger partial charge in [0.2, 0.25) is 10.0 Å². The van der Waals surface area contributed by atoms with Gasteiger partial charge in [-0.3, -0.25) is 9.89 Å². The number of esters is 1. The second kappa shape index (κ2) is 6.36. The van der Waals surface area contributed by atoms with Gasteiger partial charge in [0.1, 0.15) is 0 Å². The largest absolute Gasteiger partial charge is 0.469 e. The normalized spacial score (nSPS) is 11.4. The van der Waals surface area contributed by atoms with Crippen molar-refractivity contribution >= 4 is 16.0 Å². The van der Waals surface area contributed by atoms with Crippen LogP contribution >= 0.6 is 0 Å². The Kier molecular flexibility index (Phi) is 5.11. The van der Waals surface area contributed by atoms with E-state index in [1.54, 1.807) is 12.3 Å². The summed E-state index contributed by atoms with van der Waals surface area (Å²) < 4.78 is 29.8. The van der Waals surface area contributed by atoms with Gasteiger partial charge in [-0.25, -0.2) is 13.1 Å². The van der Waals surface area contributed by atoms with Crippen LogP contribution in [0, 0.1) is 0 Å². The van der Waals surface area contributed by atoms with Gasteiger partial charge in [0.15, 0.2) is 0 Å². The van der Waals surface area contributed by atoms with Crippen molar-refractivity contribution in [2.75, 3.05) is 12.9 Å². The molecule has 0 radical (unpaired) electrons. The summed E-state index contributed by atoms with van der Waals surface area (Å²) in [6.45, 7) is 0.167. The van der Waals surface area contributed by atoms with E-state index in [4.69, 9.17) is 0 Å². The Hall–Kier alpha value is -1.41. The van der Waals surface area contributed by atoms with Crippen LogP contribution in [0.2, 0.25) is 0 Å². The Morgan fingerprint density at radius 1 is 1.59 bits per heavy atom. The van der Waals surface area contributed by atoms with Crippen molar-refractivity contribution < 1.29 is 17.9 Å². The number of aromatic nitrogens is 2.